The van der Waals surface area contributed by atoms with Crippen molar-refractivity contribution in [1.82, 2.24) is 19.8 Å². The number of aliphatic hydroxyl groups excluding tert-OH is 1. The summed E-state index contributed by atoms with van der Waals surface area (Å²) in [6.45, 7) is 2.31. The number of aliphatic hydroxyl groups is 1. The first kappa shape index (κ1) is 28.1. The molecular formula is C32H29F3N6O3. The number of fused-ring (bicyclic) bond motifs is 2. The zero-order valence-electron chi connectivity index (χ0n) is 23.6. The summed E-state index contributed by atoms with van der Waals surface area (Å²) in [5.74, 6) is -0.379. The van der Waals surface area contributed by atoms with Crippen LogP contribution in [0.25, 0.3) is 27.8 Å². The lowest BCUT2D eigenvalue weighted by Crippen LogP contribution is -2.30. The van der Waals surface area contributed by atoms with Crippen LogP contribution in [0.2, 0.25) is 0 Å². The summed E-state index contributed by atoms with van der Waals surface area (Å²) in [4.78, 5) is 17.7. The van der Waals surface area contributed by atoms with E-state index in [0.29, 0.717) is 17.5 Å². The molecule has 0 radical (unpaired) electrons. The standard InChI is InChI=1S/C32H29F3N6O3/c33-32(34,35)30-25-12-14-40(18-27(43)29(25)41(37-30)22-9-10-28-26(15-22)31(36)38-44-28)21-7-5-19(6-8-21)24-4-2-1-3-20(24)16-39-13-11-23(42)17-39/h1-10,15,23,42H,11-14,16-18H2,(H2,36,38)/t23-/m1/s1. The molecule has 3 N–H and O–H groups in total. The quantitative estimate of drug-likeness (QED) is 0.286. The number of rotatable bonds is 5. The Morgan fingerprint density at radius 2 is 1.80 bits per heavy atom. The smallest absolute Gasteiger partial charge is 0.392 e. The second kappa shape index (κ2) is 10.8. The summed E-state index contributed by atoms with van der Waals surface area (Å²) in [7, 11) is 0. The minimum absolute atomic E-state index is 0.0141. The lowest BCUT2D eigenvalue weighted by Gasteiger charge is -2.23. The number of carbonyl (C=O) groups excluding carboxylic acids is 1. The number of halogens is 3. The van der Waals surface area contributed by atoms with Crippen molar-refractivity contribution in [3.05, 3.63) is 89.2 Å². The van der Waals surface area contributed by atoms with Crippen LogP contribution in [0.3, 0.4) is 0 Å². The molecule has 0 aliphatic carbocycles. The van der Waals surface area contributed by atoms with Gasteiger partial charge in [-0.15, -0.1) is 0 Å². The van der Waals surface area contributed by atoms with Gasteiger partial charge in [0.15, 0.2) is 17.1 Å². The number of nitrogens with zero attached hydrogens (tertiary/aromatic N) is 5. The Balaban J connectivity index is 1.18. The van der Waals surface area contributed by atoms with Crippen LogP contribution in [-0.4, -0.2) is 63.0 Å². The Labute approximate surface area is 250 Å². The van der Waals surface area contributed by atoms with Gasteiger partial charge in [-0.05, 0) is 59.9 Å². The molecule has 2 aromatic heterocycles. The topological polar surface area (TPSA) is 114 Å². The number of ketones is 1. The van der Waals surface area contributed by atoms with Crippen molar-refractivity contribution >= 4 is 28.3 Å². The summed E-state index contributed by atoms with van der Waals surface area (Å²) in [6, 6.07) is 20.4. The molecule has 1 saturated heterocycles. The highest BCUT2D eigenvalue weighted by molar-refractivity contribution is 6.01. The fourth-order valence-electron chi connectivity index (χ4n) is 6.25. The highest BCUT2D eigenvalue weighted by Crippen LogP contribution is 2.37. The molecule has 0 spiro atoms. The molecule has 44 heavy (non-hydrogen) atoms. The summed E-state index contributed by atoms with van der Waals surface area (Å²) in [5, 5.41) is 17.9. The SMILES string of the molecule is Nc1noc2ccc(-n3nc(C(F)(F)F)c4c3C(=O)CN(c3ccc(-c5ccccc5CN5CC[C@@H](O)C5)cc3)CC4)cc12. The average Bonchev–Trinajstić information content (AvgIpc) is 3.69. The second-order valence-electron chi connectivity index (χ2n) is 11.3. The van der Waals surface area contributed by atoms with Crippen LogP contribution in [0.5, 0.6) is 0 Å². The summed E-state index contributed by atoms with van der Waals surface area (Å²) in [5.41, 5.74) is 9.15. The van der Waals surface area contributed by atoms with E-state index in [4.69, 9.17) is 10.3 Å². The van der Waals surface area contributed by atoms with E-state index in [-0.39, 0.29) is 48.4 Å². The second-order valence-corrected chi connectivity index (χ2v) is 11.3. The maximum atomic E-state index is 14.2. The number of likely N-dealkylation sites (tertiary alicyclic amines) is 1. The number of Topliss-reactive ketones (excluding diaryl/α,β-unsaturated/α-hetero) is 1. The molecule has 226 valence electrons. The highest BCUT2D eigenvalue weighted by atomic mass is 19.4. The number of hydrogen-bond donors (Lipinski definition) is 2. The number of aromatic nitrogens is 3. The van der Waals surface area contributed by atoms with Gasteiger partial charge in [0.25, 0.3) is 0 Å². The van der Waals surface area contributed by atoms with Crippen LogP contribution in [-0.2, 0) is 19.1 Å². The molecule has 12 heteroatoms. The average molecular weight is 603 g/mol. The normalized spacial score (nSPS) is 17.8. The largest absolute Gasteiger partial charge is 0.435 e. The molecule has 0 unspecified atom stereocenters. The van der Waals surface area contributed by atoms with E-state index in [1.165, 1.54) is 18.2 Å². The van der Waals surface area contributed by atoms with E-state index in [9.17, 15) is 23.1 Å². The lowest BCUT2D eigenvalue weighted by molar-refractivity contribution is -0.141. The van der Waals surface area contributed by atoms with E-state index in [0.717, 1.165) is 46.6 Å². The number of benzene rings is 3. The van der Waals surface area contributed by atoms with Gasteiger partial charge in [-0.1, -0.05) is 41.6 Å². The predicted octanol–water partition coefficient (Wildman–Crippen LogP) is 5.09. The molecule has 0 bridgehead atoms. The van der Waals surface area contributed by atoms with Gasteiger partial charge in [-0.2, -0.15) is 18.3 Å². The van der Waals surface area contributed by atoms with E-state index in [1.807, 2.05) is 36.4 Å². The first-order valence-corrected chi connectivity index (χ1v) is 14.4. The fourth-order valence-corrected chi connectivity index (χ4v) is 6.25. The van der Waals surface area contributed by atoms with Crippen molar-refractivity contribution < 1.29 is 27.6 Å². The molecule has 1 fully saturated rings. The highest BCUT2D eigenvalue weighted by Gasteiger charge is 2.42. The Bertz CT molecular complexity index is 1860. The zero-order chi connectivity index (χ0) is 30.6. The van der Waals surface area contributed by atoms with Crippen LogP contribution < -0.4 is 10.6 Å². The Hall–Kier alpha value is -4.68. The maximum absolute atomic E-state index is 14.2. The van der Waals surface area contributed by atoms with Crippen molar-refractivity contribution in [1.29, 1.82) is 0 Å². The molecule has 7 rings (SSSR count). The number of nitrogen functional groups attached to an aromatic ring is 1. The third kappa shape index (κ3) is 5.09. The van der Waals surface area contributed by atoms with Gasteiger partial charge < -0.3 is 20.3 Å². The monoisotopic (exact) mass is 602 g/mol. The molecule has 1 atom stereocenters. The van der Waals surface area contributed by atoms with Crippen LogP contribution in [0.4, 0.5) is 24.7 Å². The maximum Gasteiger partial charge on any atom is 0.435 e. The Morgan fingerprint density at radius 3 is 2.55 bits per heavy atom. The first-order chi connectivity index (χ1) is 21.2. The molecule has 2 aliphatic heterocycles. The number of β-amino-alcohol motifs (C(OH)–C–C–N with tert-alkyl or cyclic N) is 1. The number of anilines is 2. The molecule has 0 amide bonds. The molecular weight excluding hydrogens is 573 g/mol. The van der Waals surface area contributed by atoms with E-state index in [2.05, 4.69) is 27.3 Å². The van der Waals surface area contributed by atoms with Crippen LogP contribution in [0.15, 0.2) is 71.3 Å². The van der Waals surface area contributed by atoms with Gasteiger partial charge in [0.1, 0.15) is 5.69 Å². The summed E-state index contributed by atoms with van der Waals surface area (Å²) < 4.78 is 48.7. The number of carbonyl (C=O) groups is 1. The minimum Gasteiger partial charge on any atom is -0.392 e. The molecule has 4 heterocycles. The summed E-state index contributed by atoms with van der Waals surface area (Å²) in [6.07, 6.45) is -4.29. The van der Waals surface area contributed by atoms with Crippen molar-refractivity contribution in [3.8, 4) is 16.8 Å². The van der Waals surface area contributed by atoms with Gasteiger partial charge in [-0.3, -0.25) is 9.69 Å². The van der Waals surface area contributed by atoms with Crippen molar-refractivity contribution in [2.24, 2.45) is 0 Å². The van der Waals surface area contributed by atoms with E-state index < -0.39 is 17.7 Å². The number of hydrogen-bond acceptors (Lipinski definition) is 8. The van der Waals surface area contributed by atoms with Crippen LogP contribution in [0, 0.1) is 0 Å². The zero-order valence-corrected chi connectivity index (χ0v) is 23.6. The van der Waals surface area contributed by atoms with Gasteiger partial charge in [0, 0.05) is 37.4 Å². The Kier molecular flexibility index (Phi) is 6.90. The van der Waals surface area contributed by atoms with Gasteiger partial charge in [0.05, 0.1) is 23.7 Å². The lowest BCUT2D eigenvalue weighted by atomic mass is 9.99. The molecule has 0 saturated carbocycles. The van der Waals surface area contributed by atoms with Gasteiger partial charge in [0.2, 0.25) is 5.78 Å². The van der Waals surface area contributed by atoms with E-state index in [1.54, 1.807) is 4.90 Å². The predicted molar refractivity (Wildman–Crippen MR) is 159 cm³/mol. The van der Waals surface area contributed by atoms with Crippen molar-refractivity contribution in [2.45, 2.75) is 31.7 Å². The third-order valence-corrected chi connectivity index (χ3v) is 8.41. The molecule has 5 aromatic rings. The van der Waals surface area contributed by atoms with Crippen molar-refractivity contribution in [3.63, 3.8) is 0 Å². The Morgan fingerprint density at radius 1 is 1.02 bits per heavy atom. The third-order valence-electron chi connectivity index (χ3n) is 8.41. The van der Waals surface area contributed by atoms with Gasteiger partial charge >= 0.3 is 6.18 Å². The molecule has 3 aromatic carbocycles. The first-order valence-electron chi connectivity index (χ1n) is 14.4. The molecule has 9 nitrogen and oxygen atoms in total. The van der Waals surface area contributed by atoms with Crippen molar-refractivity contribution in [2.75, 3.05) is 36.8 Å². The number of nitrogens with two attached hydrogens (primary N) is 1. The fraction of sp³-hybridized carbons (Fsp3) is 0.281. The number of alkyl halides is 3. The van der Waals surface area contributed by atoms with Crippen LogP contribution in [0.1, 0.15) is 33.7 Å². The van der Waals surface area contributed by atoms with Crippen LogP contribution >= 0.6 is 0 Å². The van der Waals surface area contributed by atoms with Gasteiger partial charge in [-0.25, -0.2) is 4.68 Å². The summed E-state index contributed by atoms with van der Waals surface area (Å²) >= 11 is 0. The molecule has 2 aliphatic rings. The minimum atomic E-state index is -4.74. The van der Waals surface area contributed by atoms with E-state index >= 15 is 0 Å².